The van der Waals surface area contributed by atoms with Crippen LogP contribution in [0.2, 0.25) is 0 Å². The topological polar surface area (TPSA) is 105 Å². The van der Waals surface area contributed by atoms with Crippen LogP contribution < -0.4 is 24.4 Å². The molecule has 5 rings (SSSR count). The van der Waals surface area contributed by atoms with E-state index in [4.69, 9.17) is 23.9 Å². The summed E-state index contributed by atoms with van der Waals surface area (Å²) in [5.41, 5.74) is 2.38. The number of para-hydroxylation sites is 1. The van der Waals surface area contributed by atoms with E-state index in [1.807, 2.05) is 60.9 Å². The molecule has 0 radical (unpaired) electrons. The molecule has 1 aliphatic heterocycles. The third kappa shape index (κ3) is 6.74. The number of benzene rings is 3. The Kier molecular flexibility index (Phi) is 10.2. The fourth-order valence-electron chi connectivity index (χ4n) is 4.98. The number of nitrogens with zero attached hydrogens (tertiary/aromatic N) is 2. The van der Waals surface area contributed by atoms with Gasteiger partial charge in [-0.2, -0.15) is 0 Å². The van der Waals surface area contributed by atoms with E-state index in [0.29, 0.717) is 32.1 Å². The number of hydrogen-bond acceptors (Lipinski definition) is 10. The van der Waals surface area contributed by atoms with Crippen molar-refractivity contribution in [2.45, 2.75) is 24.8 Å². The minimum atomic E-state index is -0.793. The molecule has 1 aliphatic rings. The van der Waals surface area contributed by atoms with Gasteiger partial charge in [-0.3, -0.25) is 9.36 Å². The molecule has 9 nitrogen and oxygen atoms in total. The first kappa shape index (κ1) is 31.8. The lowest BCUT2D eigenvalue weighted by Crippen LogP contribution is -2.40. The molecule has 4 aromatic rings. The van der Waals surface area contributed by atoms with Crippen LogP contribution in [0.3, 0.4) is 0 Å². The number of hydrogen-bond donors (Lipinski definition) is 0. The Bertz CT molecular complexity index is 1910. The molecule has 0 saturated heterocycles. The molecule has 0 bridgehead atoms. The molecule has 0 saturated carbocycles. The van der Waals surface area contributed by atoms with Gasteiger partial charge in [0.2, 0.25) is 0 Å². The van der Waals surface area contributed by atoms with Gasteiger partial charge in [0.1, 0.15) is 0 Å². The maximum atomic E-state index is 14.3. The first-order valence-electron chi connectivity index (χ1n) is 14.3. The van der Waals surface area contributed by atoms with Gasteiger partial charge in [0.15, 0.2) is 22.9 Å². The molecule has 0 aliphatic carbocycles. The van der Waals surface area contributed by atoms with Crippen molar-refractivity contribution >= 4 is 46.8 Å². The first-order valence-corrected chi connectivity index (χ1v) is 16.3. The maximum Gasteiger partial charge on any atom is 0.344 e. The molecule has 0 N–H and O–H groups in total. The predicted molar refractivity (Wildman–Crippen MR) is 174 cm³/mol. The van der Waals surface area contributed by atoms with Gasteiger partial charge in [0.05, 0.1) is 42.2 Å². The highest BCUT2D eigenvalue weighted by atomic mass is 32.2. The third-order valence-electron chi connectivity index (χ3n) is 6.96. The number of ether oxygens (including phenoxy) is 4. The van der Waals surface area contributed by atoms with E-state index in [-0.39, 0.29) is 31.0 Å². The number of carbonyl (C=O) groups is 2. The van der Waals surface area contributed by atoms with Gasteiger partial charge in [-0.1, -0.05) is 65.9 Å². The van der Waals surface area contributed by atoms with Crippen LogP contribution in [0.4, 0.5) is 0 Å². The molecule has 1 atom stereocenters. The second-order valence-electron chi connectivity index (χ2n) is 9.68. The standard InChI is InChI=1S/C34H32N2O7S2/c1-5-41-27(37)20-43-31-23(13-10-14-25(31)40-3)19-26-32(38)36-30(22-15-17-24(44-4)18-16-22)28(33(39)42-6-2)29(35-34(36)45-26)21-11-8-7-9-12-21/h7-19,30H,5-6,20H2,1-4H3/b26-19-/t30-/m0/s1. The Balaban J connectivity index is 1.75. The van der Waals surface area contributed by atoms with Gasteiger partial charge in [-0.15, -0.1) is 11.8 Å². The predicted octanol–water partition coefficient (Wildman–Crippen LogP) is 4.61. The highest BCUT2D eigenvalue weighted by molar-refractivity contribution is 7.98. The highest BCUT2D eigenvalue weighted by Gasteiger charge is 2.35. The SMILES string of the molecule is CCOC(=O)COc1c(/C=c2\sc3n(c2=O)[C@@H](c2ccc(SC)cc2)C(C(=O)OCC)=C(c2ccccc2)N=3)cccc1OC. The fraction of sp³-hybridized carbons (Fsp3) is 0.235. The van der Waals surface area contributed by atoms with Crippen molar-refractivity contribution in [3.63, 3.8) is 0 Å². The van der Waals surface area contributed by atoms with Gasteiger partial charge in [0.25, 0.3) is 5.56 Å². The molecule has 0 amide bonds. The van der Waals surface area contributed by atoms with Crippen molar-refractivity contribution in [2.75, 3.05) is 33.2 Å². The molecular formula is C34H32N2O7S2. The van der Waals surface area contributed by atoms with Gasteiger partial charge >= 0.3 is 11.9 Å². The Morgan fingerprint density at radius 1 is 0.978 bits per heavy atom. The van der Waals surface area contributed by atoms with E-state index in [1.54, 1.807) is 54.5 Å². The van der Waals surface area contributed by atoms with Crippen LogP contribution in [-0.2, 0) is 19.1 Å². The summed E-state index contributed by atoms with van der Waals surface area (Å²) in [5, 5.41) is 0. The zero-order valence-corrected chi connectivity index (χ0v) is 26.9. The molecule has 0 fully saturated rings. The van der Waals surface area contributed by atoms with Crippen molar-refractivity contribution in [1.29, 1.82) is 0 Å². The van der Waals surface area contributed by atoms with E-state index in [0.717, 1.165) is 16.0 Å². The summed E-state index contributed by atoms with van der Waals surface area (Å²) in [5.74, 6) is -0.388. The zero-order chi connectivity index (χ0) is 31.9. The highest BCUT2D eigenvalue weighted by Crippen LogP contribution is 2.36. The summed E-state index contributed by atoms with van der Waals surface area (Å²) >= 11 is 2.79. The Morgan fingerprint density at radius 3 is 2.38 bits per heavy atom. The monoisotopic (exact) mass is 644 g/mol. The van der Waals surface area contributed by atoms with E-state index < -0.39 is 18.0 Å². The van der Waals surface area contributed by atoms with Gasteiger partial charge < -0.3 is 18.9 Å². The maximum absolute atomic E-state index is 14.3. The van der Waals surface area contributed by atoms with Crippen molar-refractivity contribution in [3.8, 4) is 11.5 Å². The summed E-state index contributed by atoms with van der Waals surface area (Å²) in [6, 6.07) is 21.6. The van der Waals surface area contributed by atoms with E-state index in [1.165, 1.54) is 18.4 Å². The molecule has 232 valence electrons. The number of thiazole rings is 1. The molecule has 45 heavy (non-hydrogen) atoms. The first-order chi connectivity index (χ1) is 21.9. The number of rotatable bonds is 11. The molecule has 11 heteroatoms. The number of esters is 2. The van der Waals surface area contributed by atoms with Crippen molar-refractivity contribution in [3.05, 3.63) is 115 Å². The third-order valence-corrected chi connectivity index (χ3v) is 8.69. The fourth-order valence-corrected chi connectivity index (χ4v) is 6.38. The molecule has 0 unspecified atom stereocenters. The summed E-state index contributed by atoms with van der Waals surface area (Å²) in [6.45, 7) is 3.52. The van der Waals surface area contributed by atoms with E-state index >= 15 is 0 Å². The molecule has 2 heterocycles. The van der Waals surface area contributed by atoms with Crippen molar-refractivity contribution in [1.82, 2.24) is 4.57 Å². The van der Waals surface area contributed by atoms with Crippen LogP contribution in [0, 0.1) is 0 Å². The van der Waals surface area contributed by atoms with Crippen LogP contribution in [0.25, 0.3) is 11.8 Å². The lowest BCUT2D eigenvalue weighted by Gasteiger charge is -2.26. The van der Waals surface area contributed by atoms with Crippen LogP contribution in [0.5, 0.6) is 11.5 Å². The van der Waals surface area contributed by atoms with Crippen LogP contribution in [-0.4, -0.2) is 49.7 Å². The van der Waals surface area contributed by atoms with Crippen LogP contribution in [0.1, 0.15) is 36.6 Å². The molecule has 3 aromatic carbocycles. The Hall–Kier alpha value is -4.61. The average molecular weight is 645 g/mol. The van der Waals surface area contributed by atoms with Gasteiger partial charge in [0, 0.05) is 16.0 Å². The smallest absolute Gasteiger partial charge is 0.344 e. The normalized spacial score (nSPS) is 14.4. The Labute approximate surface area is 268 Å². The van der Waals surface area contributed by atoms with Gasteiger partial charge in [-0.05, 0) is 49.9 Å². The number of thioether (sulfide) groups is 1. The lowest BCUT2D eigenvalue weighted by molar-refractivity contribution is -0.145. The molecule has 1 aromatic heterocycles. The summed E-state index contributed by atoms with van der Waals surface area (Å²) < 4.78 is 23.8. The number of carbonyl (C=O) groups excluding carboxylic acids is 2. The Morgan fingerprint density at radius 2 is 1.71 bits per heavy atom. The number of fused-ring (bicyclic) bond motifs is 1. The number of aromatic nitrogens is 1. The van der Waals surface area contributed by atoms with Crippen LogP contribution in [0.15, 0.2) is 93.1 Å². The second-order valence-corrected chi connectivity index (χ2v) is 11.6. The second kappa shape index (κ2) is 14.4. The largest absolute Gasteiger partial charge is 0.493 e. The minimum Gasteiger partial charge on any atom is -0.493 e. The van der Waals surface area contributed by atoms with E-state index in [9.17, 15) is 14.4 Å². The molecule has 0 spiro atoms. The van der Waals surface area contributed by atoms with Crippen LogP contribution >= 0.6 is 23.1 Å². The summed E-state index contributed by atoms with van der Waals surface area (Å²) in [6.07, 6.45) is 3.66. The number of methoxy groups -OCH3 is 1. The van der Waals surface area contributed by atoms with Crippen molar-refractivity contribution in [2.24, 2.45) is 4.99 Å². The summed E-state index contributed by atoms with van der Waals surface area (Å²) in [7, 11) is 1.49. The van der Waals surface area contributed by atoms with Crippen molar-refractivity contribution < 1.29 is 28.5 Å². The summed E-state index contributed by atoms with van der Waals surface area (Å²) in [4.78, 5) is 46.3. The average Bonchev–Trinajstić information content (AvgIpc) is 3.37. The van der Waals surface area contributed by atoms with Gasteiger partial charge in [-0.25, -0.2) is 14.6 Å². The zero-order valence-electron chi connectivity index (χ0n) is 25.3. The molecular weight excluding hydrogens is 613 g/mol. The minimum absolute atomic E-state index is 0.164. The van der Waals surface area contributed by atoms with E-state index in [2.05, 4.69) is 0 Å². The quantitative estimate of drug-likeness (QED) is 0.172. The lowest BCUT2D eigenvalue weighted by atomic mass is 9.93.